The molecule has 4 aromatic rings. The van der Waals surface area contributed by atoms with E-state index in [0.717, 1.165) is 23.3 Å². The molecular weight excluding hydrogens is 595 g/mol. The molecule has 5 rings (SSSR count). The van der Waals surface area contributed by atoms with Gasteiger partial charge in [0.25, 0.3) is 0 Å². The van der Waals surface area contributed by atoms with Crippen LogP contribution in [0.15, 0.2) is 72.8 Å². The number of aryl methyl sites for hydroxylation is 2. The van der Waals surface area contributed by atoms with Gasteiger partial charge in [0, 0.05) is 28.3 Å². The van der Waals surface area contributed by atoms with E-state index < -0.39 is 35.9 Å². The first-order valence-electron chi connectivity index (χ1n) is 13.7. The Kier molecular flexibility index (Phi) is 8.36. The molecule has 1 aliphatic heterocycles. The maximum atomic E-state index is 13.5. The van der Waals surface area contributed by atoms with Crippen molar-refractivity contribution < 1.29 is 37.3 Å². The average molecular weight is 624 g/mol. The van der Waals surface area contributed by atoms with Crippen LogP contribution in [0.3, 0.4) is 0 Å². The Morgan fingerprint density at radius 2 is 1.68 bits per heavy atom. The van der Waals surface area contributed by atoms with Gasteiger partial charge in [-0.2, -0.15) is 13.2 Å². The lowest BCUT2D eigenvalue weighted by Crippen LogP contribution is -2.31. The Labute approximate surface area is 257 Å². The third-order valence-electron chi connectivity index (χ3n) is 7.74. The Morgan fingerprint density at radius 3 is 2.34 bits per heavy atom. The van der Waals surface area contributed by atoms with Crippen molar-refractivity contribution in [3.8, 4) is 28.0 Å². The van der Waals surface area contributed by atoms with Crippen molar-refractivity contribution in [1.29, 1.82) is 0 Å². The summed E-state index contributed by atoms with van der Waals surface area (Å²) in [6.07, 6.45) is -5.86. The number of benzene rings is 4. The number of carboxylic acids is 1. The van der Waals surface area contributed by atoms with Crippen LogP contribution >= 0.6 is 11.6 Å². The second-order valence-corrected chi connectivity index (χ2v) is 11.3. The van der Waals surface area contributed by atoms with Crippen molar-refractivity contribution in [3.05, 3.63) is 111 Å². The number of nitrogens with zero attached hydrogens (tertiary/aromatic N) is 1. The molecule has 2 atom stereocenters. The predicted octanol–water partition coefficient (Wildman–Crippen LogP) is 9.10. The van der Waals surface area contributed by atoms with Gasteiger partial charge < -0.3 is 14.6 Å². The molecule has 1 fully saturated rings. The molecule has 1 saturated heterocycles. The highest BCUT2D eigenvalue weighted by molar-refractivity contribution is 6.33. The van der Waals surface area contributed by atoms with Crippen LogP contribution in [0.5, 0.6) is 5.75 Å². The number of ether oxygens (including phenoxy) is 2. The molecule has 228 valence electrons. The molecule has 0 spiro atoms. The zero-order chi connectivity index (χ0) is 31.9. The molecular formula is C34H29ClF3NO5. The Morgan fingerprint density at radius 1 is 0.955 bits per heavy atom. The number of halogens is 4. The van der Waals surface area contributed by atoms with Crippen LogP contribution in [0, 0.1) is 13.8 Å². The topological polar surface area (TPSA) is 76.1 Å². The van der Waals surface area contributed by atoms with Crippen LogP contribution in [-0.4, -0.2) is 35.2 Å². The summed E-state index contributed by atoms with van der Waals surface area (Å²) in [6.45, 7) is 5.25. The highest BCUT2D eigenvalue weighted by Gasteiger charge is 2.41. The average Bonchev–Trinajstić information content (AvgIpc) is 3.24. The molecule has 1 aliphatic rings. The van der Waals surface area contributed by atoms with Crippen LogP contribution in [0.2, 0.25) is 5.02 Å². The van der Waals surface area contributed by atoms with Gasteiger partial charge in [-0.15, -0.1) is 0 Å². The minimum atomic E-state index is -4.51. The van der Waals surface area contributed by atoms with Gasteiger partial charge in [0.1, 0.15) is 11.9 Å². The summed E-state index contributed by atoms with van der Waals surface area (Å²) >= 11 is 6.48. The van der Waals surface area contributed by atoms with Gasteiger partial charge in [-0.05, 0) is 73.9 Å². The summed E-state index contributed by atoms with van der Waals surface area (Å²) in [6, 6.07) is 19.0. The fourth-order valence-electron chi connectivity index (χ4n) is 5.58. The van der Waals surface area contributed by atoms with E-state index in [1.807, 2.05) is 37.3 Å². The van der Waals surface area contributed by atoms with Crippen LogP contribution in [0.4, 0.5) is 18.0 Å². The lowest BCUT2D eigenvalue weighted by molar-refractivity contribution is -0.137. The third kappa shape index (κ3) is 6.10. The number of cyclic esters (lactones) is 1. The normalized spacial score (nSPS) is 16.6. The molecule has 1 amide bonds. The first kappa shape index (κ1) is 30.9. The number of methoxy groups -OCH3 is 1. The van der Waals surface area contributed by atoms with Gasteiger partial charge in [-0.25, -0.2) is 9.59 Å². The summed E-state index contributed by atoms with van der Waals surface area (Å²) in [5, 5.41) is 9.59. The van der Waals surface area contributed by atoms with E-state index in [1.54, 1.807) is 32.0 Å². The first-order chi connectivity index (χ1) is 20.8. The van der Waals surface area contributed by atoms with E-state index in [9.17, 15) is 27.9 Å². The maximum absolute atomic E-state index is 13.5. The second-order valence-electron chi connectivity index (χ2n) is 10.9. The van der Waals surface area contributed by atoms with Gasteiger partial charge in [0.2, 0.25) is 0 Å². The number of hydrogen-bond donors (Lipinski definition) is 1. The smallest absolute Gasteiger partial charge is 0.416 e. The molecule has 0 saturated carbocycles. The second kappa shape index (κ2) is 11.9. The van der Waals surface area contributed by atoms with Crippen molar-refractivity contribution in [2.75, 3.05) is 7.11 Å². The number of rotatable bonds is 7. The number of alkyl halides is 3. The van der Waals surface area contributed by atoms with Crippen LogP contribution in [-0.2, 0) is 17.5 Å². The highest BCUT2D eigenvalue weighted by Crippen LogP contribution is 2.43. The van der Waals surface area contributed by atoms with Crippen molar-refractivity contribution in [1.82, 2.24) is 4.90 Å². The number of aromatic carboxylic acids is 1. The first-order valence-corrected chi connectivity index (χ1v) is 14.1. The largest absolute Gasteiger partial charge is 0.496 e. The molecule has 4 aromatic carbocycles. The molecule has 44 heavy (non-hydrogen) atoms. The molecule has 0 radical (unpaired) electrons. The zero-order valence-corrected chi connectivity index (χ0v) is 25.1. The van der Waals surface area contributed by atoms with E-state index in [1.165, 1.54) is 24.1 Å². The minimum Gasteiger partial charge on any atom is -0.496 e. The lowest BCUT2D eigenvalue weighted by Gasteiger charge is -2.24. The number of amides is 1. The molecule has 1 heterocycles. The minimum absolute atomic E-state index is 0.0496. The van der Waals surface area contributed by atoms with Crippen molar-refractivity contribution in [2.45, 2.75) is 45.6 Å². The zero-order valence-electron chi connectivity index (χ0n) is 24.3. The van der Waals surface area contributed by atoms with E-state index in [2.05, 4.69) is 0 Å². The molecule has 0 aromatic heterocycles. The van der Waals surface area contributed by atoms with E-state index in [4.69, 9.17) is 21.1 Å². The standard InChI is InChI=1S/C34H29ClF3NO5/c1-18-5-8-26(27-15-22(7-10-30(27)43-4)25-9-6-23(32(40)41)16-29(25)35)28(13-18)31-20(3)39(33(42)44-31)17-21-11-19(2)12-24(14-21)34(36,37)38/h5-16,20,31H,17H2,1-4H3,(H,40,41)/t20-,31?/m1/s1. The fraction of sp³-hybridized carbons (Fsp3) is 0.235. The van der Waals surface area contributed by atoms with Crippen molar-refractivity contribution in [3.63, 3.8) is 0 Å². The SMILES string of the molecule is COc1ccc(-c2ccc(C(=O)O)cc2Cl)cc1-c1ccc(C)cc1C1OC(=O)N(Cc2cc(C)cc(C(F)(F)F)c2)[C@@H]1C. The quantitative estimate of drug-likeness (QED) is 0.222. The monoisotopic (exact) mass is 623 g/mol. The van der Waals surface area contributed by atoms with Crippen LogP contribution in [0.25, 0.3) is 22.3 Å². The van der Waals surface area contributed by atoms with Gasteiger partial charge in [-0.1, -0.05) is 59.1 Å². The van der Waals surface area contributed by atoms with Crippen molar-refractivity contribution in [2.24, 2.45) is 0 Å². The summed E-state index contributed by atoms with van der Waals surface area (Å²) in [4.78, 5) is 26.0. The van der Waals surface area contributed by atoms with Gasteiger partial charge in [0.05, 0.1) is 24.3 Å². The van der Waals surface area contributed by atoms with E-state index >= 15 is 0 Å². The summed E-state index contributed by atoms with van der Waals surface area (Å²) in [5.41, 5.74) is 4.47. The highest BCUT2D eigenvalue weighted by atomic mass is 35.5. The summed E-state index contributed by atoms with van der Waals surface area (Å²) < 4.78 is 52.0. The number of carbonyl (C=O) groups is 2. The molecule has 6 nitrogen and oxygen atoms in total. The van der Waals surface area contributed by atoms with Crippen LogP contribution < -0.4 is 4.74 Å². The Hall–Kier alpha value is -4.50. The Balaban J connectivity index is 1.54. The van der Waals surface area contributed by atoms with Crippen LogP contribution in [0.1, 0.15) is 51.2 Å². The predicted molar refractivity (Wildman–Crippen MR) is 161 cm³/mol. The fourth-order valence-corrected chi connectivity index (χ4v) is 5.87. The van der Waals surface area contributed by atoms with E-state index in [0.29, 0.717) is 39.1 Å². The summed E-state index contributed by atoms with van der Waals surface area (Å²) in [7, 11) is 1.54. The molecule has 1 N–H and O–H groups in total. The molecule has 0 aliphatic carbocycles. The maximum Gasteiger partial charge on any atom is 0.416 e. The van der Waals surface area contributed by atoms with Gasteiger partial charge in [0.15, 0.2) is 0 Å². The number of hydrogen-bond acceptors (Lipinski definition) is 4. The Bertz CT molecular complexity index is 1770. The van der Waals surface area contributed by atoms with E-state index in [-0.39, 0.29) is 17.1 Å². The molecule has 10 heteroatoms. The molecule has 1 unspecified atom stereocenters. The molecule has 0 bridgehead atoms. The number of carboxylic acid groups (broad SMARTS) is 1. The van der Waals surface area contributed by atoms with Crippen molar-refractivity contribution >= 4 is 23.7 Å². The van der Waals surface area contributed by atoms with Gasteiger partial charge >= 0.3 is 18.2 Å². The number of carbonyl (C=O) groups excluding carboxylic acids is 1. The lowest BCUT2D eigenvalue weighted by atomic mass is 9.89. The van der Waals surface area contributed by atoms with Gasteiger partial charge in [-0.3, -0.25) is 4.90 Å². The third-order valence-corrected chi connectivity index (χ3v) is 8.05. The summed E-state index contributed by atoms with van der Waals surface area (Å²) in [5.74, 6) is -0.541.